The lowest BCUT2D eigenvalue weighted by Gasteiger charge is -2.24. The second-order valence-electron chi connectivity index (χ2n) is 4.42. The van der Waals surface area contributed by atoms with Crippen LogP contribution < -0.4 is 5.32 Å². The molecule has 1 unspecified atom stereocenters. The van der Waals surface area contributed by atoms with Crippen molar-refractivity contribution in [2.24, 2.45) is 0 Å². The van der Waals surface area contributed by atoms with Crippen molar-refractivity contribution in [1.29, 1.82) is 0 Å². The largest absolute Gasteiger partial charge is 0.303 e. The van der Waals surface area contributed by atoms with Crippen LogP contribution in [-0.4, -0.2) is 16.4 Å². The molecule has 0 fully saturated rings. The van der Waals surface area contributed by atoms with Crippen LogP contribution in [0.1, 0.15) is 16.8 Å². The molecular formula is C16H16INO. The number of halogens is 1. The first-order valence-electron chi connectivity index (χ1n) is 6.18. The number of likely N-dealkylation sites (N-methyl/N-ethyl adjacent to an activating group) is 1. The fourth-order valence-corrected chi connectivity index (χ4v) is 2.21. The van der Waals surface area contributed by atoms with Crippen molar-refractivity contribution >= 4 is 28.4 Å². The lowest BCUT2D eigenvalue weighted by Crippen LogP contribution is -2.34. The van der Waals surface area contributed by atoms with E-state index in [9.17, 15) is 4.79 Å². The maximum absolute atomic E-state index is 11.9. The minimum absolute atomic E-state index is 0.00145. The van der Waals surface area contributed by atoms with Gasteiger partial charge in [-0.3, -0.25) is 4.79 Å². The number of hydrogen-bond donors (Lipinski definition) is 1. The first kappa shape index (κ1) is 14.2. The van der Waals surface area contributed by atoms with Crippen molar-refractivity contribution in [1.82, 2.24) is 5.32 Å². The van der Waals surface area contributed by atoms with Gasteiger partial charge in [0.25, 0.3) is 0 Å². The van der Waals surface area contributed by atoms with E-state index >= 15 is 0 Å². The molecule has 1 aliphatic rings. The molecule has 1 aromatic carbocycles. The highest BCUT2D eigenvalue weighted by molar-refractivity contribution is 14.1. The van der Waals surface area contributed by atoms with Crippen LogP contribution >= 0.6 is 22.6 Å². The molecule has 1 atom stereocenters. The Balaban J connectivity index is 2.02. The average molecular weight is 365 g/mol. The molecule has 1 N–H and O–H groups in total. The molecule has 2 rings (SSSR count). The van der Waals surface area contributed by atoms with Crippen LogP contribution in [-0.2, 0) is 0 Å². The van der Waals surface area contributed by atoms with Crippen LogP contribution in [0.2, 0.25) is 0 Å². The molecule has 1 aromatic rings. The summed E-state index contributed by atoms with van der Waals surface area (Å²) in [6, 6.07) is 9.31. The summed E-state index contributed by atoms with van der Waals surface area (Å²) >= 11 is 2.38. The van der Waals surface area contributed by atoms with Gasteiger partial charge in [-0.05, 0) is 25.1 Å². The van der Waals surface area contributed by atoms with E-state index < -0.39 is 0 Å². The molecule has 0 radical (unpaired) electrons. The number of carbonyl (C=O) groups excluding carboxylic acids is 1. The smallest absolute Gasteiger partial charge is 0.185 e. The molecule has 2 nitrogen and oxygen atoms in total. The van der Waals surface area contributed by atoms with E-state index in [4.69, 9.17) is 0 Å². The minimum atomic E-state index is -0.00145. The average Bonchev–Trinajstić information content (AvgIpc) is 2.47. The summed E-state index contributed by atoms with van der Waals surface area (Å²) in [5, 5.41) is 3.26. The maximum Gasteiger partial charge on any atom is 0.185 e. The van der Waals surface area contributed by atoms with Crippen molar-refractivity contribution in [3.63, 3.8) is 0 Å². The zero-order chi connectivity index (χ0) is 13.7. The topological polar surface area (TPSA) is 29.1 Å². The molecule has 1 aliphatic carbocycles. The Bertz CT molecular complexity index is 545. The highest BCUT2D eigenvalue weighted by Gasteiger charge is 2.21. The van der Waals surface area contributed by atoms with Crippen LogP contribution in [0.3, 0.4) is 0 Å². The summed E-state index contributed by atoms with van der Waals surface area (Å²) in [5.74, 6) is 0.0369. The molecule has 0 aromatic heterocycles. The number of rotatable bonds is 4. The Kier molecular flexibility index (Phi) is 4.71. The highest BCUT2D eigenvalue weighted by atomic mass is 127. The number of allylic oxidation sites excluding steroid dienone is 4. The van der Waals surface area contributed by atoms with Crippen molar-refractivity contribution in [3.8, 4) is 0 Å². The lowest BCUT2D eigenvalue weighted by molar-refractivity contribution is 0.104. The van der Waals surface area contributed by atoms with Gasteiger partial charge in [0.05, 0.1) is 3.55 Å². The molecular weight excluding hydrogens is 349 g/mol. The van der Waals surface area contributed by atoms with Gasteiger partial charge in [0.15, 0.2) is 5.78 Å². The Morgan fingerprint density at radius 1 is 1.37 bits per heavy atom. The minimum Gasteiger partial charge on any atom is -0.303 e. The Labute approximate surface area is 127 Å². The van der Waals surface area contributed by atoms with Gasteiger partial charge in [-0.15, -0.1) is 0 Å². The first-order chi connectivity index (χ1) is 9.13. The number of hydrogen-bond acceptors (Lipinski definition) is 2. The van der Waals surface area contributed by atoms with E-state index in [0.29, 0.717) is 0 Å². The molecule has 98 valence electrons. The van der Waals surface area contributed by atoms with Gasteiger partial charge in [0.2, 0.25) is 0 Å². The second-order valence-corrected chi connectivity index (χ2v) is 6.34. The summed E-state index contributed by atoms with van der Waals surface area (Å²) in [7, 11) is 1.95. The molecule has 0 bridgehead atoms. The Morgan fingerprint density at radius 2 is 2.11 bits per heavy atom. The number of nitrogens with one attached hydrogen (secondary N) is 1. The third-order valence-electron chi connectivity index (χ3n) is 3.08. The number of benzene rings is 1. The molecule has 0 amide bonds. The summed E-state index contributed by atoms with van der Waals surface area (Å²) in [5.41, 5.74) is 1.80. The van der Waals surface area contributed by atoms with Gasteiger partial charge in [-0.1, -0.05) is 77.2 Å². The second kappa shape index (κ2) is 6.30. The van der Waals surface area contributed by atoms with E-state index in [1.165, 1.54) is 0 Å². The fraction of sp³-hybridized carbons (Fsp3) is 0.188. The zero-order valence-corrected chi connectivity index (χ0v) is 12.9. The lowest BCUT2D eigenvalue weighted by atomic mass is 10.0. The Morgan fingerprint density at radius 3 is 2.68 bits per heavy atom. The van der Waals surface area contributed by atoms with E-state index in [1.807, 2.05) is 49.5 Å². The van der Waals surface area contributed by atoms with E-state index in [0.717, 1.165) is 17.6 Å². The molecule has 0 saturated heterocycles. The van der Waals surface area contributed by atoms with Gasteiger partial charge >= 0.3 is 0 Å². The van der Waals surface area contributed by atoms with Gasteiger partial charge in [0, 0.05) is 5.56 Å². The fourth-order valence-electron chi connectivity index (χ4n) is 1.81. The molecule has 0 heterocycles. The summed E-state index contributed by atoms with van der Waals surface area (Å²) < 4.78 is -0.00145. The van der Waals surface area contributed by atoms with Crippen LogP contribution in [0, 0.1) is 0 Å². The van der Waals surface area contributed by atoms with Crippen LogP contribution in [0.4, 0.5) is 0 Å². The van der Waals surface area contributed by atoms with Crippen LogP contribution in [0.25, 0.3) is 0 Å². The highest BCUT2D eigenvalue weighted by Crippen LogP contribution is 2.27. The third-order valence-corrected chi connectivity index (χ3v) is 4.42. The number of ketones is 1. The van der Waals surface area contributed by atoms with E-state index in [1.54, 1.807) is 6.08 Å². The predicted octanol–water partition coefficient (Wildman–Crippen LogP) is 3.66. The summed E-state index contributed by atoms with van der Waals surface area (Å²) in [6.07, 6.45) is 10.7. The first-order valence-corrected chi connectivity index (χ1v) is 7.25. The van der Waals surface area contributed by atoms with E-state index in [2.05, 4.69) is 40.1 Å². The molecule has 3 heteroatoms. The molecule has 0 saturated carbocycles. The van der Waals surface area contributed by atoms with Crippen molar-refractivity contribution in [3.05, 3.63) is 71.8 Å². The third kappa shape index (κ3) is 3.88. The van der Waals surface area contributed by atoms with Gasteiger partial charge in [-0.25, -0.2) is 0 Å². The van der Waals surface area contributed by atoms with Gasteiger partial charge in [0.1, 0.15) is 0 Å². The van der Waals surface area contributed by atoms with Gasteiger partial charge in [-0.2, -0.15) is 0 Å². The monoisotopic (exact) mass is 365 g/mol. The van der Waals surface area contributed by atoms with Crippen LogP contribution in [0.15, 0.2) is 66.3 Å². The van der Waals surface area contributed by atoms with Crippen molar-refractivity contribution in [2.75, 3.05) is 7.05 Å². The van der Waals surface area contributed by atoms with Crippen molar-refractivity contribution in [2.45, 2.75) is 9.97 Å². The predicted molar refractivity (Wildman–Crippen MR) is 87.6 cm³/mol. The number of carbonyl (C=O) groups is 1. The summed E-state index contributed by atoms with van der Waals surface area (Å²) in [6.45, 7) is 0. The quantitative estimate of drug-likeness (QED) is 0.290. The normalized spacial score (nSPS) is 22.5. The van der Waals surface area contributed by atoms with Crippen LogP contribution in [0.5, 0.6) is 0 Å². The van der Waals surface area contributed by atoms with Gasteiger partial charge < -0.3 is 5.32 Å². The summed E-state index contributed by atoms with van der Waals surface area (Å²) in [4.78, 5) is 11.9. The van der Waals surface area contributed by atoms with Crippen molar-refractivity contribution < 1.29 is 4.79 Å². The molecule has 19 heavy (non-hydrogen) atoms. The number of alkyl halides is 1. The zero-order valence-electron chi connectivity index (χ0n) is 10.8. The SMILES string of the molecule is CNC1(I)C=CC(C=CC(=O)c2ccccc2)=CC1. The van der Waals surface area contributed by atoms with E-state index in [-0.39, 0.29) is 9.33 Å². The Hall–Kier alpha value is -1.20. The standard InChI is InChI=1S/C16H16INO/c1-18-16(17)11-9-13(10-12-16)7-8-15(19)14-5-3-2-4-6-14/h2-11,18H,12H2,1H3. The maximum atomic E-state index is 11.9. The molecule has 0 aliphatic heterocycles. The molecule has 0 spiro atoms.